The van der Waals surface area contributed by atoms with Crippen molar-refractivity contribution in [1.82, 2.24) is 14.5 Å². The van der Waals surface area contributed by atoms with Crippen molar-refractivity contribution in [3.8, 4) is 0 Å². The fraction of sp³-hybridized carbons (Fsp3) is 0.500. The molecule has 1 aliphatic rings. The molecule has 0 saturated carbocycles. The molecule has 1 N–H and O–H groups in total. The van der Waals surface area contributed by atoms with Gasteiger partial charge in [0.1, 0.15) is 0 Å². The summed E-state index contributed by atoms with van der Waals surface area (Å²) in [5, 5.41) is 2.98. The van der Waals surface area contributed by atoms with Crippen LogP contribution in [0.3, 0.4) is 0 Å². The highest BCUT2D eigenvalue weighted by Gasteiger charge is 2.29. The predicted molar refractivity (Wildman–Crippen MR) is 111 cm³/mol. The van der Waals surface area contributed by atoms with Crippen molar-refractivity contribution in [3.63, 3.8) is 0 Å². The number of anilines is 1. The number of nitrogens with one attached hydrogen (secondary N) is 1. The zero-order valence-electron chi connectivity index (χ0n) is 17.3. The van der Waals surface area contributed by atoms with Gasteiger partial charge >= 0.3 is 0 Å². The first kappa shape index (κ1) is 20.1. The minimum Gasteiger partial charge on any atom is -0.339 e. The molecule has 0 radical (unpaired) electrons. The van der Waals surface area contributed by atoms with Gasteiger partial charge in [0, 0.05) is 25.8 Å². The van der Waals surface area contributed by atoms with Gasteiger partial charge in [0.25, 0.3) is 11.8 Å². The Bertz CT molecular complexity index is 885. The number of rotatable bonds is 6. The van der Waals surface area contributed by atoms with Gasteiger partial charge in [-0.15, -0.1) is 0 Å². The molecule has 0 aliphatic carbocycles. The third kappa shape index (κ3) is 4.11. The normalized spacial score (nSPS) is 13.1. The maximum atomic E-state index is 13.0. The number of aromatic nitrogens is 2. The van der Waals surface area contributed by atoms with E-state index in [-0.39, 0.29) is 11.8 Å². The van der Waals surface area contributed by atoms with Gasteiger partial charge < -0.3 is 14.8 Å². The molecule has 1 aliphatic heterocycles. The van der Waals surface area contributed by atoms with Gasteiger partial charge in [-0.3, -0.25) is 9.59 Å². The molecule has 150 valence electrons. The molecule has 0 bridgehead atoms. The van der Waals surface area contributed by atoms with Crippen LogP contribution in [0.2, 0.25) is 0 Å². The van der Waals surface area contributed by atoms with Gasteiger partial charge in [-0.05, 0) is 51.2 Å². The van der Waals surface area contributed by atoms with E-state index < -0.39 is 0 Å². The van der Waals surface area contributed by atoms with Crippen LogP contribution in [-0.2, 0) is 13.0 Å². The Morgan fingerprint density at radius 2 is 2.04 bits per heavy atom. The lowest BCUT2D eigenvalue weighted by atomic mass is 10.1. The van der Waals surface area contributed by atoms with Crippen LogP contribution in [-0.4, -0.2) is 39.9 Å². The monoisotopic (exact) mass is 382 g/mol. The van der Waals surface area contributed by atoms with Crippen LogP contribution < -0.4 is 5.32 Å². The number of amides is 2. The van der Waals surface area contributed by atoms with Gasteiger partial charge in [0.05, 0.1) is 5.69 Å². The number of carbonyl (C=O) groups is 2. The third-order valence-electron chi connectivity index (χ3n) is 5.35. The predicted octanol–water partition coefficient (Wildman–Crippen LogP) is 3.96. The Kier molecular flexibility index (Phi) is 6.17. The number of unbranched alkanes of at least 4 members (excludes halogenated alkanes) is 1. The van der Waals surface area contributed by atoms with Gasteiger partial charge in [0.2, 0.25) is 0 Å². The fourth-order valence-corrected chi connectivity index (χ4v) is 3.69. The quantitative estimate of drug-likeness (QED) is 0.822. The van der Waals surface area contributed by atoms with Crippen LogP contribution in [0.15, 0.2) is 18.2 Å². The second-order valence-corrected chi connectivity index (χ2v) is 7.69. The molecule has 6 heteroatoms. The van der Waals surface area contributed by atoms with Gasteiger partial charge in [0.15, 0.2) is 11.5 Å². The molecule has 0 saturated heterocycles. The van der Waals surface area contributed by atoms with Crippen LogP contribution in [0.1, 0.15) is 70.5 Å². The highest BCUT2D eigenvalue weighted by molar-refractivity contribution is 6.05. The highest BCUT2D eigenvalue weighted by atomic mass is 16.2. The van der Waals surface area contributed by atoms with E-state index in [4.69, 9.17) is 0 Å². The molecule has 6 nitrogen and oxygen atoms in total. The summed E-state index contributed by atoms with van der Waals surface area (Å²) in [5.74, 6) is 0.0362. The van der Waals surface area contributed by atoms with Crippen LogP contribution in [0.4, 0.5) is 5.69 Å². The SMILES string of the molecule is CCCCN(C)C(=O)c1nc(C(=O)Nc2ccc(C)cc2C)c2n1CCCC2. The average molecular weight is 383 g/mol. The van der Waals surface area contributed by atoms with Gasteiger partial charge in [-0.1, -0.05) is 31.0 Å². The summed E-state index contributed by atoms with van der Waals surface area (Å²) in [6.45, 7) is 7.54. The molecule has 1 aromatic heterocycles. The summed E-state index contributed by atoms with van der Waals surface area (Å²) >= 11 is 0. The molecular weight excluding hydrogens is 352 g/mol. The van der Waals surface area contributed by atoms with E-state index in [2.05, 4.69) is 17.2 Å². The molecule has 0 unspecified atom stereocenters. The van der Waals surface area contributed by atoms with E-state index in [0.29, 0.717) is 18.1 Å². The van der Waals surface area contributed by atoms with E-state index in [0.717, 1.165) is 61.2 Å². The zero-order valence-corrected chi connectivity index (χ0v) is 17.3. The van der Waals surface area contributed by atoms with E-state index in [1.807, 2.05) is 36.6 Å². The number of aryl methyl sites for hydroxylation is 2. The Labute approximate surface area is 166 Å². The molecule has 2 amide bonds. The summed E-state index contributed by atoms with van der Waals surface area (Å²) in [6.07, 6.45) is 4.76. The van der Waals surface area contributed by atoms with Crippen LogP contribution in [0.25, 0.3) is 0 Å². The summed E-state index contributed by atoms with van der Waals surface area (Å²) in [4.78, 5) is 32.1. The van der Waals surface area contributed by atoms with Crippen molar-refractivity contribution >= 4 is 17.5 Å². The van der Waals surface area contributed by atoms with Crippen molar-refractivity contribution in [3.05, 3.63) is 46.5 Å². The van der Waals surface area contributed by atoms with Gasteiger partial charge in [-0.2, -0.15) is 0 Å². The molecule has 0 atom stereocenters. The molecule has 0 fully saturated rings. The van der Waals surface area contributed by atoms with Crippen LogP contribution in [0, 0.1) is 13.8 Å². The Morgan fingerprint density at radius 3 is 2.75 bits per heavy atom. The summed E-state index contributed by atoms with van der Waals surface area (Å²) in [7, 11) is 1.80. The van der Waals surface area contributed by atoms with Crippen molar-refractivity contribution in [2.45, 2.75) is 59.4 Å². The smallest absolute Gasteiger partial charge is 0.289 e. The Hall–Kier alpha value is -2.63. The fourth-order valence-electron chi connectivity index (χ4n) is 3.69. The molecule has 28 heavy (non-hydrogen) atoms. The second-order valence-electron chi connectivity index (χ2n) is 7.69. The number of imidazole rings is 1. The van der Waals surface area contributed by atoms with E-state index in [1.165, 1.54) is 0 Å². The number of hydrogen-bond donors (Lipinski definition) is 1. The van der Waals surface area contributed by atoms with Crippen LogP contribution >= 0.6 is 0 Å². The highest BCUT2D eigenvalue weighted by Crippen LogP contribution is 2.24. The summed E-state index contributed by atoms with van der Waals surface area (Å²) in [5.41, 5.74) is 4.20. The summed E-state index contributed by atoms with van der Waals surface area (Å²) < 4.78 is 1.95. The standard InChI is InChI=1S/C22H30N4O2/c1-5-6-12-25(4)22(28)20-24-19(18-9-7-8-13-26(18)20)21(27)23-17-11-10-15(2)14-16(17)3/h10-11,14H,5-9,12-13H2,1-4H3,(H,23,27). The first-order valence-corrected chi connectivity index (χ1v) is 10.2. The first-order chi connectivity index (χ1) is 13.4. The Balaban J connectivity index is 1.89. The van der Waals surface area contributed by atoms with Crippen LogP contribution in [0.5, 0.6) is 0 Å². The van der Waals surface area contributed by atoms with Crippen molar-refractivity contribution in [2.24, 2.45) is 0 Å². The molecule has 1 aromatic carbocycles. The second kappa shape index (κ2) is 8.59. The average Bonchev–Trinajstić information content (AvgIpc) is 3.07. The molecule has 2 aromatic rings. The largest absolute Gasteiger partial charge is 0.339 e. The number of carbonyl (C=O) groups excluding carboxylic acids is 2. The number of nitrogens with zero attached hydrogens (tertiary/aromatic N) is 3. The zero-order chi connectivity index (χ0) is 20.3. The van der Waals surface area contributed by atoms with E-state index in [9.17, 15) is 9.59 Å². The minimum absolute atomic E-state index is 0.109. The lowest BCUT2D eigenvalue weighted by molar-refractivity contribution is 0.0775. The number of benzene rings is 1. The van der Waals surface area contributed by atoms with E-state index in [1.54, 1.807) is 11.9 Å². The maximum Gasteiger partial charge on any atom is 0.289 e. The minimum atomic E-state index is -0.243. The summed E-state index contributed by atoms with van der Waals surface area (Å²) in [6, 6.07) is 5.93. The molecule has 0 spiro atoms. The molecule has 2 heterocycles. The van der Waals surface area contributed by atoms with Gasteiger partial charge in [-0.25, -0.2) is 4.98 Å². The van der Waals surface area contributed by atoms with Crippen molar-refractivity contribution in [2.75, 3.05) is 18.9 Å². The maximum absolute atomic E-state index is 13.0. The van der Waals surface area contributed by atoms with Crippen molar-refractivity contribution in [1.29, 1.82) is 0 Å². The third-order valence-corrected chi connectivity index (χ3v) is 5.35. The topological polar surface area (TPSA) is 67.2 Å². The lowest BCUT2D eigenvalue weighted by Gasteiger charge is -2.20. The first-order valence-electron chi connectivity index (χ1n) is 10.2. The lowest BCUT2D eigenvalue weighted by Crippen LogP contribution is -2.31. The van der Waals surface area contributed by atoms with Crippen molar-refractivity contribution < 1.29 is 9.59 Å². The Morgan fingerprint density at radius 1 is 1.25 bits per heavy atom. The molecular formula is C22H30N4O2. The van der Waals surface area contributed by atoms with E-state index >= 15 is 0 Å². The number of fused-ring (bicyclic) bond motifs is 1. The number of hydrogen-bond acceptors (Lipinski definition) is 3. The molecule has 3 rings (SSSR count).